The smallest absolute Gasteiger partial charge is 0.185 e. The quantitative estimate of drug-likeness (QED) is 0.924. The monoisotopic (exact) mass is 299 g/mol. The number of nitrogens with one attached hydrogen (secondary N) is 1. The van der Waals surface area contributed by atoms with Crippen molar-refractivity contribution in [1.82, 2.24) is 10.3 Å². The second-order valence-electron chi connectivity index (χ2n) is 5.92. The van der Waals surface area contributed by atoms with Crippen molar-refractivity contribution in [2.45, 2.75) is 46.2 Å². The van der Waals surface area contributed by atoms with Gasteiger partial charge in [-0.05, 0) is 27.2 Å². The first kappa shape index (κ1) is 15.1. The van der Waals surface area contributed by atoms with Crippen LogP contribution in [0.15, 0.2) is 0 Å². The molecule has 1 aromatic rings. The number of nitrogens with zero attached hydrogens (tertiary/aromatic N) is 2. The van der Waals surface area contributed by atoms with Gasteiger partial charge in [-0.15, -0.1) is 11.3 Å². The van der Waals surface area contributed by atoms with Crippen LogP contribution in [-0.4, -0.2) is 35.1 Å². The topological polar surface area (TPSA) is 28.2 Å². The molecule has 1 fully saturated rings. The van der Waals surface area contributed by atoms with Crippen LogP contribution in [0, 0.1) is 0 Å². The summed E-state index contributed by atoms with van der Waals surface area (Å²) in [4.78, 5) is 8.70. The van der Waals surface area contributed by atoms with Crippen LogP contribution in [0.25, 0.3) is 0 Å². The van der Waals surface area contributed by atoms with Crippen LogP contribution in [0.5, 0.6) is 0 Å². The Morgan fingerprint density at radius 1 is 1.26 bits per heavy atom. The number of hydrogen-bond acceptors (Lipinski definition) is 5. The molecule has 0 atom stereocenters. The minimum atomic E-state index is 0.164. The Hall–Kier alpha value is -0.260. The van der Waals surface area contributed by atoms with Gasteiger partial charge in [0.05, 0.1) is 5.69 Å². The lowest BCUT2D eigenvalue weighted by Crippen LogP contribution is -2.35. The van der Waals surface area contributed by atoms with E-state index in [1.54, 1.807) is 0 Å². The zero-order chi connectivity index (χ0) is 13.9. The zero-order valence-corrected chi connectivity index (χ0v) is 14.1. The summed E-state index contributed by atoms with van der Waals surface area (Å²) in [6.07, 6.45) is 1.03. The molecule has 0 aliphatic carbocycles. The number of anilines is 1. The van der Waals surface area contributed by atoms with Gasteiger partial charge in [0.15, 0.2) is 5.13 Å². The molecule has 1 aliphatic heterocycles. The van der Waals surface area contributed by atoms with Gasteiger partial charge in [0.2, 0.25) is 0 Å². The van der Waals surface area contributed by atoms with E-state index < -0.39 is 0 Å². The fourth-order valence-electron chi connectivity index (χ4n) is 2.02. The van der Waals surface area contributed by atoms with Crippen LogP contribution in [0.4, 0.5) is 5.13 Å². The number of thiazole rings is 1. The summed E-state index contributed by atoms with van der Waals surface area (Å²) >= 11 is 3.92. The van der Waals surface area contributed by atoms with Crippen LogP contribution in [0.2, 0.25) is 0 Å². The van der Waals surface area contributed by atoms with Crippen molar-refractivity contribution in [2.24, 2.45) is 0 Å². The molecule has 5 heteroatoms. The van der Waals surface area contributed by atoms with Gasteiger partial charge in [0.1, 0.15) is 0 Å². The largest absolute Gasteiger partial charge is 0.346 e. The highest BCUT2D eigenvalue weighted by molar-refractivity contribution is 7.99. The molecule has 1 N–H and O–H groups in total. The average Bonchev–Trinajstić information content (AvgIpc) is 2.80. The van der Waals surface area contributed by atoms with E-state index in [4.69, 9.17) is 4.98 Å². The minimum Gasteiger partial charge on any atom is -0.346 e. The van der Waals surface area contributed by atoms with Gasteiger partial charge in [0.25, 0.3) is 0 Å². The third-order valence-electron chi connectivity index (χ3n) is 3.16. The highest BCUT2D eigenvalue weighted by Gasteiger charge is 2.18. The van der Waals surface area contributed by atoms with Crippen molar-refractivity contribution in [1.29, 1.82) is 0 Å². The molecule has 0 saturated carbocycles. The highest BCUT2D eigenvalue weighted by Crippen LogP contribution is 2.29. The molecule has 0 spiro atoms. The Bertz CT molecular complexity index is 403. The third kappa shape index (κ3) is 4.36. The van der Waals surface area contributed by atoms with Gasteiger partial charge in [-0.2, -0.15) is 11.8 Å². The lowest BCUT2D eigenvalue weighted by molar-refractivity contribution is 0.425. The summed E-state index contributed by atoms with van der Waals surface area (Å²) in [6, 6.07) is 0. The second-order valence-corrected chi connectivity index (χ2v) is 8.21. The van der Waals surface area contributed by atoms with Crippen molar-refractivity contribution in [2.75, 3.05) is 29.5 Å². The van der Waals surface area contributed by atoms with E-state index in [0.717, 1.165) is 26.1 Å². The van der Waals surface area contributed by atoms with E-state index in [2.05, 4.69) is 37.9 Å². The van der Waals surface area contributed by atoms with E-state index in [-0.39, 0.29) is 5.54 Å². The van der Waals surface area contributed by atoms with E-state index in [0.29, 0.717) is 0 Å². The zero-order valence-electron chi connectivity index (χ0n) is 12.5. The standard InChI is InChI=1S/C14H25N3S2/c1-5-11-12(10-15-14(2,3)4)19-13(16-11)17-6-8-18-9-7-17/h15H,5-10H2,1-4H3. The molecule has 19 heavy (non-hydrogen) atoms. The van der Waals surface area contributed by atoms with Crippen molar-refractivity contribution < 1.29 is 0 Å². The SMILES string of the molecule is CCc1nc(N2CCSCC2)sc1CNC(C)(C)C. The summed E-state index contributed by atoms with van der Waals surface area (Å²) < 4.78 is 0. The van der Waals surface area contributed by atoms with E-state index in [1.165, 1.54) is 27.2 Å². The molecular formula is C14H25N3S2. The Labute approximate surface area is 125 Å². The van der Waals surface area contributed by atoms with Crippen molar-refractivity contribution in [3.8, 4) is 0 Å². The summed E-state index contributed by atoms with van der Waals surface area (Å²) in [6.45, 7) is 12.1. The fourth-order valence-corrected chi connectivity index (χ4v) is 4.06. The van der Waals surface area contributed by atoms with Crippen LogP contribution < -0.4 is 10.2 Å². The molecule has 1 saturated heterocycles. The molecule has 3 nitrogen and oxygen atoms in total. The van der Waals surface area contributed by atoms with Crippen LogP contribution >= 0.6 is 23.1 Å². The summed E-state index contributed by atoms with van der Waals surface area (Å²) in [5.41, 5.74) is 1.44. The van der Waals surface area contributed by atoms with Gasteiger partial charge in [-0.25, -0.2) is 4.98 Å². The van der Waals surface area contributed by atoms with E-state index in [1.807, 2.05) is 23.1 Å². The van der Waals surface area contributed by atoms with Crippen LogP contribution in [-0.2, 0) is 13.0 Å². The molecule has 1 aliphatic rings. The van der Waals surface area contributed by atoms with E-state index in [9.17, 15) is 0 Å². The summed E-state index contributed by atoms with van der Waals surface area (Å²) in [5, 5.41) is 4.80. The Morgan fingerprint density at radius 2 is 1.95 bits per heavy atom. The number of rotatable bonds is 4. The Kier molecular flexibility index (Phi) is 5.15. The molecule has 2 heterocycles. The number of aromatic nitrogens is 1. The fraction of sp³-hybridized carbons (Fsp3) is 0.786. The minimum absolute atomic E-state index is 0.164. The molecule has 2 rings (SSSR count). The third-order valence-corrected chi connectivity index (χ3v) is 5.26. The first-order valence-electron chi connectivity index (χ1n) is 7.06. The van der Waals surface area contributed by atoms with Gasteiger partial charge >= 0.3 is 0 Å². The number of hydrogen-bond donors (Lipinski definition) is 1. The lowest BCUT2D eigenvalue weighted by Gasteiger charge is -2.25. The van der Waals surface area contributed by atoms with Crippen molar-refractivity contribution >= 4 is 28.2 Å². The molecular weight excluding hydrogens is 274 g/mol. The number of aryl methyl sites for hydroxylation is 1. The molecule has 0 radical (unpaired) electrons. The lowest BCUT2D eigenvalue weighted by atomic mass is 10.1. The van der Waals surface area contributed by atoms with Crippen LogP contribution in [0.1, 0.15) is 38.3 Å². The number of thioether (sulfide) groups is 1. The maximum atomic E-state index is 4.85. The molecule has 1 aromatic heterocycles. The van der Waals surface area contributed by atoms with Gasteiger partial charge in [-0.3, -0.25) is 0 Å². The first-order valence-corrected chi connectivity index (χ1v) is 9.03. The molecule has 0 aromatic carbocycles. The first-order chi connectivity index (χ1) is 8.99. The Balaban J connectivity index is 2.07. The van der Waals surface area contributed by atoms with Gasteiger partial charge < -0.3 is 10.2 Å². The van der Waals surface area contributed by atoms with Crippen molar-refractivity contribution in [3.63, 3.8) is 0 Å². The predicted molar refractivity (Wildman–Crippen MR) is 87.6 cm³/mol. The molecule has 0 amide bonds. The van der Waals surface area contributed by atoms with Crippen molar-refractivity contribution in [3.05, 3.63) is 10.6 Å². The second kappa shape index (κ2) is 6.46. The maximum absolute atomic E-state index is 4.85. The average molecular weight is 300 g/mol. The van der Waals surface area contributed by atoms with Crippen LogP contribution in [0.3, 0.4) is 0 Å². The molecule has 108 valence electrons. The normalized spacial score (nSPS) is 16.9. The van der Waals surface area contributed by atoms with E-state index >= 15 is 0 Å². The highest BCUT2D eigenvalue weighted by atomic mass is 32.2. The van der Waals surface area contributed by atoms with Gasteiger partial charge in [0, 0.05) is 41.6 Å². The predicted octanol–water partition coefficient (Wildman–Crippen LogP) is 3.15. The van der Waals surface area contributed by atoms with Gasteiger partial charge in [-0.1, -0.05) is 6.92 Å². The Morgan fingerprint density at radius 3 is 2.53 bits per heavy atom. The summed E-state index contributed by atoms with van der Waals surface area (Å²) in [5.74, 6) is 2.47. The maximum Gasteiger partial charge on any atom is 0.185 e. The molecule has 0 unspecified atom stereocenters. The summed E-state index contributed by atoms with van der Waals surface area (Å²) in [7, 11) is 0. The molecule has 0 bridgehead atoms.